The van der Waals surface area contributed by atoms with Crippen molar-refractivity contribution in [3.8, 4) is 27.3 Å². The molecule has 11 nitrogen and oxygen atoms in total. The van der Waals surface area contributed by atoms with Gasteiger partial charge in [-0.05, 0) is 92.6 Å². The van der Waals surface area contributed by atoms with Gasteiger partial charge >= 0.3 is 12.1 Å². The molecule has 0 fully saturated rings. The molecule has 50 heavy (non-hydrogen) atoms. The first-order valence-corrected chi connectivity index (χ1v) is 17.4. The number of hydrogen-bond acceptors (Lipinski definition) is 9. The first-order valence-electron chi connectivity index (χ1n) is 16.1. The van der Waals surface area contributed by atoms with Crippen molar-refractivity contribution in [1.29, 1.82) is 0 Å². The zero-order valence-electron chi connectivity index (χ0n) is 28.7. The predicted octanol–water partition coefficient (Wildman–Crippen LogP) is 7.58. The zero-order chi connectivity index (χ0) is 36.2. The van der Waals surface area contributed by atoms with Gasteiger partial charge in [-0.3, -0.25) is 9.59 Å². The summed E-state index contributed by atoms with van der Waals surface area (Å²) in [6.45, 7) is 10.1. The number of halogens is 1. The molecule has 3 amide bonds. The van der Waals surface area contributed by atoms with Crippen molar-refractivity contribution < 1.29 is 33.4 Å². The number of aromatic nitrogens is 1. The molecule has 0 radical (unpaired) electrons. The highest BCUT2D eigenvalue weighted by atomic mass is 35.5. The van der Waals surface area contributed by atoms with Crippen molar-refractivity contribution in [2.45, 2.75) is 59.6 Å². The maximum Gasteiger partial charge on any atom is 0.407 e. The number of alkyl carbamates (subject to hydrolysis) is 1. The van der Waals surface area contributed by atoms with E-state index in [9.17, 15) is 19.2 Å². The van der Waals surface area contributed by atoms with Crippen LogP contribution in [0.25, 0.3) is 21.6 Å². The maximum atomic E-state index is 14.3. The summed E-state index contributed by atoms with van der Waals surface area (Å²) in [5.74, 6) is -1.18. The van der Waals surface area contributed by atoms with Crippen molar-refractivity contribution in [2.75, 3.05) is 25.6 Å². The van der Waals surface area contributed by atoms with Crippen molar-refractivity contribution >= 4 is 52.5 Å². The lowest BCUT2D eigenvalue weighted by Gasteiger charge is -2.20. The van der Waals surface area contributed by atoms with E-state index >= 15 is 0 Å². The number of amides is 3. The first-order chi connectivity index (χ1) is 23.8. The Bertz CT molecular complexity index is 1940. The summed E-state index contributed by atoms with van der Waals surface area (Å²) >= 11 is 8.26. The summed E-state index contributed by atoms with van der Waals surface area (Å²) in [5, 5.41) is 10.7. The van der Waals surface area contributed by atoms with Gasteiger partial charge in [0.25, 0.3) is 11.8 Å². The Balaban J connectivity index is 1.57. The molecule has 0 saturated carbocycles. The number of hydrogen-bond donors (Lipinski definition) is 3. The van der Waals surface area contributed by atoms with Crippen LogP contribution in [-0.2, 0) is 22.4 Å². The average Bonchev–Trinajstić information content (AvgIpc) is 3.47. The fraction of sp³-hybridized carbons (Fsp3) is 0.324. The minimum Gasteiger partial charge on any atom is -0.493 e. The Morgan fingerprint density at radius 1 is 1.00 bits per heavy atom. The van der Waals surface area contributed by atoms with E-state index in [1.54, 1.807) is 63.3 Å². The van der Waals surface area contributed by atoms with Gasteiger partial charge in [0.1, 0.15) is 17.0 Å². The molecule has 0 unspecified atom stereocenters. The van der Waals surface area contributed by atoms with Crippen molar-refractivity contribution in [1.82, 2.24) is 15.6 Å². The van der Waals surface area contributed by atoms with Gasteiger partial charge in [0, 0.05) is 46.6 Å². The smallest absolute Gasteiger partial charge is 0.407 e. The number of thiophene rings is 1. The van der Waals surface area contributed by atoms with Gasteiger partial charge in [-0.15, -0.1) is 11.3 Å². The van der Waals surface area contributed by atoms with Gasteiger partial charge < -0.3 is 30.2 Å². The molecule has 2 aromatic carbocycles. The summed E-state index contributed by atoms with van der Waals surface area (Å²) in [4.78, 5) is 57.8. The topological polar surface area (TPSA) is 145 Å². The summed E-state index contributed by atoms with van der Waals surface area (Å²) in [5.41, 5.74) is 3.68. The fourth-order valence-corrected chi connectivity index (χ4v) is 6.77. The number of rotatable bonds is 9. The number of carbonyl (C=O) groups is 4. The fourth-order valence-electron chi connectivity index (χ4n) is 5.46. The SMILES string of the molecule is CCCNC(=O)c1ccc(-c2cc3c(cc2C(=O)Nc2c(C)cc(CNC(=O)OC(C)(C)C)cc2Cl)-c2sccc2CCO3)c(C(=O)OC)n1. The lowest BCUT2D eigenvalue weighted by molar-refractivity contribution is 0.0522. The van der Waals surface area contributed by atoms with E-state index in [0.29, 0.717) is 47.7 Å². The van der Waals surface area contributed by atoms with Crippen LogP contribution in [0, 0.1) is 6.92 Å². The number of esters is 1. The van der Waals surface area contributed by atoms with Gasteiger partial charge in [0.05, 0.1) is 24.4 Å². The number of ether oxygens (including phenoxy) is 3. The molecule has 0 aliphatic carbocycles. The molecular weight excluding hydrogens is 680 g/mol. The molecule has 0 atom stereocenters. The normalized spacial score (nSPS) is 12.1. The highest BCUT2D eigenvalue weighted by Gasteiger charge is 2.27. The van der Waals surface area contributed by atoms with Crippen molar-refractivity contribution in [2.24, 2.45) is 0 Å². The number of carbonyl (C=O) groups excluding carboxylic acids is 4. The second kappa shape index (κ2) is 15.3. The van der Waals surface area contributed by atoms with Crippen LogP contribution in [0.3, 0.4) is 0 Å². The zero-order valence-corrected chi connectivity index (χ0v) is 30.3. The number of aryl methyl sites for hydroxylation is 1. The van der Waals surface area contributed by atoms with Crippen molar-refractivity contribution in [3.63, 3.8) is 0 Å². The van der Waals surface area contributed by atoms with Crippen LogP contribution in [0.1, 0.15) is 82.1 Å². The van der Waals surface area contributed by atoms with Crippen LogP contribution in [0.15, 0.2) is 47.8 Å². The van der Waals surface area contributed by atoms with E-state index in [1.165, 1.54) is 13.2 Å². The Morgan fingerprint density at radius 3 is 2.48 bits per heavy atom. The molecule has 4 aromatic rings. The average molecular weight is 719 g/mol. The van der Waals surface area contributed by atoms with Gasteiger partial charge in [-0.25, -0.2) is 14.6 Å². The molecule has 13 heteroatoms. The van der Waals surface area contributed by atoms with E-state index in [0.717, 1.165) is 22.4 Å². The summed E-state index contributed by atoms with van der Waals surface area (Å²) in [7, 11) is 1.22. The van der Waals surface area contributed by atoms with E-state index in [1.807, 2.05) is 24.4 Å². The highest BCUT2D eigenvalue weighted by Crippen LogP contribution is 2.43. The van der Waals surface area contributed by atoms with E-state index < -0.39 is 29.5 Å². The Kier molecular flexibility index (Phi) is 11.1. The first kappa shape index (κ1) is 36.3. The van der Waals surface area contributed by atoms with Gasteiger partial charge in [0.2, 0.25) is 0 Å². The molecule has 2 aromatic heterocycles. The maximum absolute atomic E-state index is 14.3. The Hall–Kier alpha value is -4.94. The predicted molar refractivity (Wildman–Crippen MR) is 193 cm³/mol. The number of nitrogens with zero attached hydrogens (tertiary/aromatic N) is 1. The Labute approximate surface area is 299 Å². The molecule has 0 saturated heterocycles. The monoisotopic (exact) mass is 718 g/mol. The number of nitrogens with one attached hydrogen (secondary N) is 3. The molecule has 5 rings (SSSR count). The molecule has 1 aliphatic rings. The molecule has 3 N–H and O–H groups in total. The molecule has 0 spiro atoms. The van der Waals surface area contributed by atoms with Gasteiger partial charge in [-0.2, -0.15) is 0 Å². The Morgan fingerprint density at radius 2 is 1.78 bits per heavy atom. The minimum atomic E-state index is -0.776. The molecule has 1 aliphatic heterocycles. The second-order valence-electron chi connectivity index (χ2n) is 12.7. The standard InChI is InChI=1S/C37H39ClN4O7S/c1-7-12-39-34(44)28-9-8-23(31(41-28)35(45)47-6)24-18-29-26(32-22(10-13-48-29)11-14-50-32)17-25(24)33(43)42-30-20(2)15-21(16-27(30)38)19-40-36(46)49-37(3,4)5/h8-9,11,14-18H,7,10,12-13,19H2,1-6H3,(H,39,44)(H,40,46)(H,42,43). The number of methoxy groups -OCH3 is 1. The summed E-state index contributed by atoms with van der Waals surface area (Å²) in [6, 6.07) is 12.1. The van der Waals surface area contributed by atoms with Crippen molar-refractivity contribution in [3.05, 3.63) is 86.5 Å². The third-order valence-electron chi connectivity index (χ3n) is 7.74. The summed E-state index contributed by atoms with van der Waals surface area (Å²) < 4.78 is 16.6. The quantitative estimate of drug-likeness (QED) is 0.150. The van der Waals surface area contributed by atoms with Crippen LogP contribution < -0.4 is 20.7 Å². The number of benzene rings is 2. The summed E-state index contributed by atoms with van der Waals surface area (Å²) in [6.07, 6.45) is 0.848. The lowest BCUT2D eigenvalue weighted by atomic mass is 9.93. The third kappa shape index (κ3) is 8.26. The number of pyridine rings is 1. The highest BCUT2D eigenvalue weighted by molar-refractivity contribution is 7.13. The van der Waals surface area contributed by atoms with Gasteiger partial charge in [-0.1, -0.05) is 24.6 Å². The second-order valence-corrected chi connectivity index (χ2v) is 14.0. The van der Waals surface area contributed by atoms with E-state index in [2.05, 4.69) is 20.9 Å². The molecule has 0 bridgehead atoms. The largest absolute Gasteiger partial charge is 0.493 e. The molecule has 3 heterocycles. The van der Waals surface area contributed by atoms with Crippen LogP contribution in [-0.4, -0.2) is 54.7 Å². The molecular formula is C37H39ClN4O7S. The van der Waals surface area contributed by atoms with Gasteiger partial charge in [0.15, 0.2) is 5.69 Å². The van der Waals surface area contributed by atoms with Crippen LogP contribution in [0.2, 0.25) is 5.02 Å². The third-order valence-corrected chi connectivity index (χ3v) is 9.03. The lowest BCUT2D eigenvalue weighted by Crippen LogP contribution is -2.32. The minimum absolute atomic E-state index is 0.0338. The van der Waals surface area contributed by atoms with E-state index in [4.69, 9.17) is 25.8 Å². The molecule has 262 valence electrons. The van der Waals surface area contributed by atoms with Crippen LogP contribution in [0.4, 0.5) is 10.5 Å². The number of fused-ring (bicyclic) bond motifs is 3. The van der Waals surface area contributed by atoms with Crippen LogP contribution in [0.5, 0.6) is 5.75 Å². The van der Waals surface area contributed by atoms with E-state index in [-0.39, 0.29) is 34.1 Å². The van der Waals surface area contributed by atoms with Crippen LogP contribution >= 0.6 is 22.9 Å². The number of anilines is 1.